The number of nitrogens with one attached hydrogen (secondary N) is 1. The Morgan fingerprint density at radius 3 is 2.41 bits per heavy atom. The average Bonchev–Trinajstić information content (AvgIpc) is 2.56. The van der Waals surface area contributed by atoms with Crippen LogP contribution in [0, 0.1) is 0 Å². The van der Waals surface area contributed by atoms with E-state index in [-0.39, 0.29) is 11.7 Å². The normalized spacial score (nSPS) is 11.2. The summed E-state index contributed by atoms with van der Waals surface area (Å²) in [6.07, 6.45) is 1.80. The van der Waals surface area contributed by atoms with Crippen molar-refractivity contribution in [2.24, 2.45) is 5.10 Å². The van der Waals surface area contributed by atoms with Gasteiger partial charge >= 0.3 is 0 Å². The smallest absolute Gasteiger partial charge is 0.240 e. The quantitative estimate of drug-likeness (QED) is 0.635. The molecular formula is C18H20N2O2. The van der Waals surface area contributed by atoms with Crippen molar-refractivity contribution in [2.75, 3.05) is 0 Å². The number of carbonyl (C=O) groups is 1. The molecule has 4 nitrogen and oxygen atoms in total. The second-order valence-corrected chi connectivity index (χ2v) is 4.98. The van der Waals surface area contributed by atoms with Crippen LogP contribution in [0.25, 0.3) is 0 Å². The number of hydrazone groups is 1. The van der Waals surface area contributed by atoms with Gasteiger partial charge in [-0.1, -0.05) is 37.3 Å². The van der Waals surface area contributed by atoms with E-state index in [0.717, 1.165) is 16.8 Å². The molecular weight excluding hydrogens is 276 g/mol. The van der Waals surface area contributed by atoms with Gasteiger partial charge in [-0.25, -0.2) is 5.43 Å². The largest absolute Gasteiger partial charge is 0.508 e. The summed E-state index contributed by atoms with van der Waals surface area (Å²) >= 11 is 0. The molecule has 2 N–H and O–H groups in total. The fourth-order valence-electron chi connectivity index (χ4n) is 2.09. The van der Waals surface area contributed by atoms with Gasteiger partial charge in [0.05, 0.1) is 5.71 Å². The number of nitrogens with zero attached hydrogens (tertiary/aromatic N) is 1. The Labute approximate surface area is 130 Å². The Morgan fingerprint density at radius 1 is 1.09 bits per heavy atom. The summed E-state index contributed by atoms with van der Waals surface area (Å²) in [5.41, 5.74) is 5.42. The molecule has 0 aromatic heterocycles. The van der Waals surface area contributed by atoms with Crippen molar-refractivity contribution in [2.45, 2.75) is 26.2 Å². The van der Waals surface area contributed by atoms with E-state index in [0.29, 0.717) is 19.3 Å². The maximum atomic E-state index is 11.9. The molecule has 4 heteroatoms. The van der Waals surface area contributed by atoms with E-state index in [2.05, 4.69) is 10.5 Å². The van der Waals surface area contributed by atoms with Crippen LogP contribution >= 0.6 is 0 Å². The molecule has 2 aromatic rings. The molecule has 0 saturated carbocycles. The third-order valence-electron chi connectivity index (χ3n) is 3.33. The van der Waals surface area contributed by atoms with Crippen molar-refractivity contribution in [1.82, 2.24) is 5.43 Å². The zero-order valence-corrected chi connectivity index (χ0v) is 12.6. The maximum Gasteiger partial charge on any atom is 0.240 e. The first-order valence-electron chi connectivity index (χ1n) is 7.37. The number of benzene rings is 2. The maximum absolute atomic E-state index is 11.9. The van der Waals surface area contributed by atoms with E-state index >= 15 is 0 Å². The second kappa shape index (κ2) is 7.98. The van der Waals surface area contributed by atoms with Gasteiger partial charge < -0.3 is 5.11 Å². The molecule has 1 amide bonds. The van der Waals surface area contributed by atoms with E-state index in [1.165, 1.54) is 0 Å². The lowest BCUT2D eigenvalue weighted by atomic mass is 10.1. The van der Waals surface area contributed by atoms with Crippen molar-refractivity contribution in [3.05, 3.63) is 65.7 Å². The van der Waals surface area contributed by atoms with Crippen LogP contribution in [0.4, 0.5) is 0 Å². The molecule has 0 aliphatic carbocycles. The number of phenols is 1. The summed E-state index contributed by atoms with van der Waals surface area (Å²) in [4.78, 5) is 11.9. The predicted octanol–water partition coefficient (Wildman–Crippen LogP) is 3.26. The van der Waals surface area contributed by atoms with Crippen molar-refractivity contribution >= 4 is 11.6 Å². The molecule has 22 heavy (non-hydrogen) atoms. The highest BCUT2D eigenvalue weighted by Gasteiger charge is 2.04. The minimum absolute atomic E-state index is 0.103. The first-order chi connectivity index (χ1) is 10.7. The summed E-state index contributed by atoms with van der Waals surface area (Å²) in [6, 6.07) is 16.7. The number of carbonyl (C=O) groups excluding carboxylic acids is 1. The minimum atomic E-state index is -0.103. The van der Waals surface area contributed by atoms with Crippen molar-refractivity contribution in [1.29, 1.82) is 0 Å². The molecule has 0 spiro atoms. The molecule has 0 atom stereocenters. The van der Waals surface area contributed by atoms with Gasteiger partial charge in [-0.15, -0.1) is 0 Å². The zero-order chi connectivity index (χ0) is 15.8. The first kappa shape index (κ1) is 15.8. The number of rotatable bonds is 6. The summed E-state index contributed by atoms with van der Waals surface area (Å²) in [6.45, 7) is 1.97. The summed E-state index contributed by atoms with van der Waals surface area (Å²) < 4.78 is 0. The molecule has 0 heterocycles. The highest BCUT2D eigenvalue weighted by molar-refractivity contribution is 6.00. The number of phenolic OH excluding ortho intramolecular Hbond substituents is 1. The number of hydrogen-bond acceptors (Lipinski definition) is 3. The highest BCUT2D eigenvalue weighted by atomic mass is 16.3. The van der Waals surface area contributed by atoms with Gasteiger partial charge in [-0.2, -0.15) is 5.10 Å². The Balaban J connectivity index is 1.91. The van der Waals surface area contributed by atoms with E-state index in [1.54, 1.807) is 24.3 Å². The lowest BCUT2D eigenvalue weighted by Gasteiger charge is -2.06. The summed E-state index contributed by atoms with van der Waals surface area (Å²) in [5.74, 6) is 0.111. The van der Waals surface area contributed by atoms with Gasteiger partial charge in [0, 0.05) is 6.42 Å². The monoisotopic (exact) mass is 296 g/mol. The molecule has 0 unspecified atom stereocenters. The lowest BCUT2D eigenvalue weighted by molar-refractivity contribution is -0.121. The topological polar surface area (TPSA) is 61.7 Å². The van der Waals surface area contributed by atoms with Gasteiger partial charge in [-0.05, 0) is 48.2 Å². The number of aryl methyl sites for hydroxylation is 1. The Bertz CT molecular complexity index is 634. The van der Waals surface area contributed by atoms with Crippen molar-refractivity contribution < 1.29 is 9.90 Å². The van der Waals surface area contributed by atoms with Crippen LogP contribution in [0.1, 0.15) is 30.9 Å². The number of amides is 1. The van der Waals surface area contributed by atoms with E-state index in [4.69, 9.17) is 0 Å². The number of aromatic hydroxyl groups is 1. The molecule has 0 fully saturated rings. The Kier molecular flexibility index (Phi) is 5.72. The standard InChI is InChI=1S/C18H20N2O2/c1-2-17(15-9-11-16(21)12-10-15)19-20-18(22)13-8-14-6-4-3-5-7-14/h3-7,9-12,21H,2,8,13H2,1H3,(H,20,22)/b19-17+. The van der Waals surface area contributed by atoms with Crippen molar-refractivity contribution in [3.8, 4) is 5.75 Å². The van der Waals surface area contributed by atoms with Crippen LogP contribution in [0.3, 0.4) is 0 Å². The molecule has 0 aliphatic heterocycles. The Hall–Kier alpha value is -2.62. The van der Waals surface area contributed by atoms with Gasteiger partial charge in [0.25, 0.3) is 0 Å². The van der Waals surface area contributed by atoms with Crippen LogP contribution in [0.2, 0.25) is 0 Å². The van der Waals surface area contributed by atoms with Gasteiger partial charge in [0.1, 0.15) is 5.75 Å². The minimum Gasteiger partial charge on any atom is -0.508 e. The van der Waals surface area contributed by atoms with Crippen LogP contribution in [-0.2, 0) is 11.2 Å². The van der Waals surface area contributed by atoms with Gasteiger partial charge in [0.2, 0.25) is 5.91 Å². The Morgan fingerprint density at radius 2 is 1.77 bits per heavy atom. The average molecular weight is 296 g/mol. The van der Waals surface area contributed by atoms with Crippen LogP contribution in [-0.4, -0.2) is 16.7 Å². The molecule has 0 bridgehead atoms. The van der Waals surface area contributed by atoms with Crippen LogP contribution in [0.15, 0.2) is 59.7 Å². The third-order valence-corrected chi connectivity index (χ3v) is 3.33. The van der Waals surface area contributed by atoms with Crippen molar-refractivity contribution in [3.63, 3.8) is 0 Å². The third kappa shape index (κ3) is 4.74. The molecule has 0 saturated heterocycles. The van der Waals surface area contributed by atoms with Crippen LogP contribution < -0.4 is 5.43 Å². The summed E-state index contributed by atoms with van der Waals surface area (Å²) in [7, 11) is 0. The van der Waals surface area contributed by atoms with Gasteiger partial charge in [-0.3, -0.25) is 4.79 Å². The second-order valence-electron chi connectivity index (χ2n) is 4.98. The fourth-order valence-corrected chi connectivity index (χ4v) is 2.09. The highest BCUT2D eigenvalue weighted by Crippen LogP contribution is 2.11. The van der Waals surface area contributed by atoms with E-state index in [9.17, 15) is 9.90 Å². The first-order valence-corrected chi connectivity index (χ1v) is 7.37. The molecule has 2 rings (SSSR count). The lowest BCUT2D eigenvalue weighted by Crippen LogP contribution is -2.20. The molecule has 2 aromatic carbocycles. The van der Waals surface area contributed by atoms with E-state index in [1.807, 2.05) is 37.3 Å². The fraction of sp³-hybridized carbons (Fsp3) is 0.222. The predicted molar refractivity (Wildman–Crippen MR) is 87.8 cm³/mol. The SMILES string of the molecule is CC/C(=N\NC(=O)CCc1ccccc1)c1ccc(O)cc1. The summed E-state index contributed by atoms with van der Waals surface area (Å²) in [5, 5.41) is 13.5. The molecule has 0 aliphatic rings. The van der Waals surface area contributed by atoms with E-state index < -0.39 is 0 Å². The van der Waals surface area contributed by atoms with Gasteiger partial charge in [0.15, 0.2) is 0 Å². The number of hydrogen-bond donors (Lipinski definition) is 2. The zero-order valence-electron chi connectivity index (χ0n) is 12.6. The molecule has 114 valence electrons. The molecule has 0 radical (unpaired) electrons. The van der Waals surface area contributed by atoms with Crippen LogP contribution in [0.5, 0.6) is 5.75 Å².